The molecule has 1 aromatic carbocycles. The number of likely N-dealkylation sites (tertiary alicyclic amines) is 1. The fourth-order valence-corrected chi connectivity index (χ4v) is 2.73. The van der Waals surface area contributed by atoms with E-state index in [-0.39, 0.29) is 5.56 Å². The summed E-state index contributed by atoms with van der Waals surface area (Å²) in [7, 11) is 1.69. The summed E-state index contributed by atoms with van der Waals surface area (Å²) in [5, 5.41) is 21.9. The van der Waals surface area contributed by atoms with Gasteiger partial charge in [-0.15, -0.1) is 0 Å². The van der Waals surface area contributed by atoms with E-state index in [9.17, 15) is 9.18 Å². The van der Waals surface area contributed by atoms with Crippen LogP contribution in [0.15, 0.2) is 24.4 Å². The van der Waals surface area contributed by atoms with E-state index in [1.54, 1.807) is 24.2 Å². The molecule has 1 fully saturated rings. The number of allylic oxidation sites excluding steroid dienone is 1. The van der Waals surface area contributed by atoms with Gasteiger partial charge in [-0.3, -0.25) is 4.79 Å². The molecule has 0 bridgehead atoms. The number of hydrogen-bond acceptors (Lipinski definition) is 5. The zero-order valence-electron chi connectivity index (χ0n) is 13.7. The molecule has 6 nitrogen and oxygen atoms in total. The van der Waals surface area contributed by atoms with Crippen molar-refractivity contribution in [3.63, 3.8) is 0 Å². The first-order valence-electron chi connectivity index (χ1n) is 7.57. The van der Waals surface area contributed by atoms with Crippen LogP contribution in [0.2, 0.25) is 0 Å². The number of hydrogen-bond donors (Lipinski definition) is 3. The second-order valence-electron chi connectivity index (χ2n) is 6.01. The molecule has 0 saturated carbocycles. The Balaban J connectivity index is 2.18. The molecule has 1 atom stereocenters. The molecule has 0 aromatic heterocycles. The van der Waals surface area contributed by atoms with Gasteiger partial charge in [-0.1, -0.05) is 6.07 Å². The summed E-state index contributed by atoms with van der Waals surface area (Å²) >= 11 is 0. The van der Waals surface area contributed by atoms with Gasteiger partial charge in [-0.25, -0.2) is 4.39 Å². The summed E-state index contributed by atoms with van der Waals surface area (Å²) in [6, 6.07) is 4.25. The number of benzene rings is 1. The van der Waals surface area contributed by atoms with Crippen LogP contribution in [-0.2, 0) is 0 Å². The average molecular weight is 329 g/mol. The highest BCUT2D eigenvalue weighted by Crippen LogP contribution is 2.22. The molecule has 24 heavy (non-hydrogen) atoms. The van der Waals surface area contributed by atoms with Crippen molar-refractivity contribution in [3.8, 4) is 6.19 Å². The summed E-state index contributed by atoms with van der Waals surface area (Å²) in [5.74, 6) is -1.15. The van der Waals surface area contributed by atoms with E-state index >= 15 is 0 Å². The molecule has 0 spiro atoms. The van der Waals surface area contributed by atoms with Gasteiger partial charge in [0.1, 0.15) is 5.82 Å². The Bertz CT molecular complexity index is 724. The van der Waals surface area contributed by atoms with Gasteiger partial charge in [-0.05, 0) is 31.0 Å². The SMILES string of the molecule is CN/C=C(\C=N)c1ccc(C(=O)NC2(C)CCN(C#N)C2)c(F)c1. The lowest BCUT2D eigenvalue weighted by molar-refractivity contribution is 0.0906. The monoisotopic (exact) mass is 329 g/mol. The first kappa shape index (κ1) is 17.5. The quantitative estimate of drug-likeness (QED) is 0.566. The first-order valence-corrected chi connectivity index (χ1v) is 7.57. The van der Waals surface area contributed by atoms with Crippen molar-refractivity contribution in [2.45, 2.75) is 18.9 Å². The van der Waals surface area contributed by atoms with Gasteiger partial charge in [0.2, 0.25) is 0 Å². The van der Waals surface area contributed by atoms with Crippen LogP contribution in [-0.4, -0.2) is 42.7 Å². The van der Waals surface area contributed by atoms with E-state index in [1.165, 1.54) is 12.1 Å². The predicted octanol–water partition coefficient (Wildman–Crippen LogP) is 1.71. The standard InChI is InChI=1S/C17H20FN5O/c1-17(5-6-23(10-17)11-20)22-16(24)14-4-3-12(7-15(14)18)13(8-19)9-21-2/h3-4,7-9,19,21H,5-6,10H2,1-2H3,(H,22,24)/b13-9+,19-8?. The fraction of sp³-hybridized carbons (Fsp3) is 0.353. The highest BCUT2D eigenvalue weighted by Gasteiger charge is 2.35. The van der Waals surface area contributed by atoms with E-state index in [4.69, 9.17) is 10.7 Å². The summed E-state index contributed by atoms with van der Waals surface area (Å²) in [6.07, 6.45) is 5.38. The minimum absolute atomic E-state index is 0.0517. The molecule has 1 amide bonds. The van der Waals surface area contributed by atoms with Crippen molar-refractivity contribution < 1.29 is 9.18 Å². The second-order valence-corrected chi connectivity index (χ2v) is 6.01. The number of nitrogens with zero attached hydrogens (tertiary/aromatic N) is 2. The van der Waals surface area contributed by atoms with E-state index in [0.717, 1.165) is 6.21 Å². The van der Waals surface area contributed by atoms with Crippen molar-refractivity contribution >= 4 is 17.7 Å². The zero-order valence-corrected chi connectivity index (χ0v) is 13.7. The fourth-order valence-electron chi connectivity index (χ4n) is 2.73. The highest BCUT2D eigenvalue weighted by atomic mass is 19.1. The molecule has 1 aliphatic heterocycles. The lowest BCUT2D eigenvalue weighted by atomic mass is 10.00. The van der Waals surface area contributed by atoms with Crippen molar-refractivity contribution in [1.82, 2.24) is 15.5 Å². The Kier molecular flexibility index (Phi) is 5.19. The number of amides is 1. The lowest BCUT2D eigenvalue weighted by Crippen LogP contribution is -2.47. The molecule has 3 N–H and O–H groups in total. The average Bonchev–Trinajstić information content (AvgIpc) is 2.93. The maximum absolute atomic E-state index is 14.3. The Morgan fingerprint density at radius 1 is 1.54 bits per heavy atom. The van der Waals surface area contributed by atoms with Gasteiger partial charge < -0.3 is 20.9 Å². The summed E-state index contributed by atoms with van der Waals surface area (Å²) in [5.41, 5.74) is 0.417. The number of carbonyl (C=O) groups is 1. The maximum atomic E-state index is 14.3. The Morgan fingerprint density at radius 2 is 2.29 bits per heavy atom. The molecule has 1 saturated heterocycles. The first-order chi connectivity index (χ1) is 11.4. The molecule has 0 radical (unpaired) electrons. The van der Waals surface area contributed by atoms with Crippen molar-refractivity contribution in [2.24, 2.45) is 0 Å². The van der Waals surface area contributed by atoms with Gasteiger partial charge in [-0.2, -0.15) is 5.26 Å². The zero-order chi connectivity index (χ0) is 17.7. The number of carbonyl (C=O) groups excluding carboxylic acids is 1. The molecular formula is C17H20FN5O. The molecule has 7 heteroatoms. The van der Waals surface area contributed by atoms with Crippen LogP contribution in [0.3, 0.4) is 0 Å². The van der Waals surface area contributed by atoms with Gasteiger partial charge in [0.15, 0.2) is 6.19 Å². The van der Waals surface area contributed by atoms with Crippen molar-refractivity contribution in [2.75, 3.05) is 20.1 Å². The number of nitrogens with one attached hydrogen (secondary N) is 3. The van der Waals surface area contributed by atoms with Crippen LogP contribution in [0.5, 0.6) is 0 Å². The third-order valence-electron chi connectivity index (χ3n) is 4.03. The third kappa shape index (κ3) is 3.71. The van der Waals surface area contributed by atoms with Crippen LogP contribution in [0.4, 0.5) is 4.39 Å². The highest BCUT2D eigenvalue weighted by molar-refractivity contribution is 6.08. The van der Waals surface area contributed by atoms with Gasteiger partial charge in [0, 0.05) is 31.6 Å². The smallest absolute Gasteiger partial charge is 0.254 e. The largest absolute Gasteiger partial charge is 0.393 e. The van der Waals surface area contributed by atoms with E-state index < -0.39 is 17.3 Å². The second kappa shape index (κ2) is 7.13. The number of nitriles is 1. The van der Waals surface area contributed by atoms with Crippen molar-refractivity contribution in [1.29, 1.82) is 10.7 Å². The van der Waals surface area contributed by atoms with Gasteiger partial charge in [0.05, 0.1) is 17.6 Å². The molecule has 1 aliphatic rings. The van der Waals surface area contributed by atoms with E-state index in [0.29, 0.717) is 30.6 Å². The van der Waals surface area contributed by atoms with Crippen LogP contribution < -0.4 is 10.6 Å². The Morgan fingerprint density at radius 3 is 2.83 bits per heavy atom. The lowest BCUT2D eigenvalue weighted by Gasteiger charge is -2.25. The minimum Gasteiger partial charge on any atom is -0.393 e. The Labute approximate surface area is 140 Å². The van der Waals surface area contributed by atoms with Crippen LogP contribution in [0.1, 0.15) is 29.3 Å². The molecule has 2 rings (SSSR count). The molecule has 0 aliphatic carbocycles. The summed E-state index contributed by atoms with van der Waals surface area (Å²) in [6.45, 7) is 2.83. The minimum atomic E-state index is -0.646. The van der Waals surface area contributed by atoms with E-state index in [1.807, 2.05) is 6.92 Å². The van der Waals surface area contributed by atoms with E-state index in [2.05, 4.69) is 16.8 Å². The molecule has 1 heterocycles. The maximum Gasteiger partial charge on any atom is 0.254 e. The number of rotatable bonds is 5. The third-order valence-corrected chi connectivity index (χ3v) is 4.03. The normalized spacial score (nSPS) is 20.4. The molecule has 126 valence electrons. The van der Waals surface area contributed by atoms with Crippen molar-refractivity contribution in [3.05, 3.63) is 41.3 Å². The number of halogens is 1. The Hall–Kier alpha value is -2.88. The molecular weight excluding hydrogens is 309 g/mol. The topological polar surface area (TPSA) is 92.0 Å². The van der Waals surface area contributed by atoms with Crippen LogP contribution in [0, 0.1) is 22.7 Å². The van der Waals surface area contributed by atoms with Gasteiger partial charge >= 0.3 is 0 Å². The molecule has 1 aromatic rings. The summed E-state index contributed by atoms with van der Waals surface area (Å²) < 4.78 is 14.3. The summed E-state index contributed by atoms with van der Waals surface area (Å²) in [4.78, 5) is 13.9. The predicted molar refractivity (Wildman–Crippen MR) is 89.9 cm³/mol. The molecule has 1 unspecified atom stereocenters. The van der Waals surface area contributed by atoms with Crippen LogP contribution >= 0.6 is 0 Å². The van der Waals surface area contributed by atoms with Crippen LogP contribution in [0.25, 0.3) is 5.57 Å². The van der Waals surface area contributed by atoms with Gasteiger partial charge in [0.25, 0.3) is 5.91 Å².